The summed E-state index contributed by atoms with van der Waals surface area (Å²) in [6, 6.07) is 0.862. The van der Waals surface area contributed by atoms with E-state index in [2.05, 4.69) is 0 Å². The first kappa shape index (κ1) is 17.2. The first-order valence-electron chi connectivity index (χ1n) is 6.18. The lowest BCUT2D eigenvalue weighted by atomic mass is 9.94. The number of halogens is 3. The Balaban J connectivity index is 2.56. The molecular formula is C12H11F3N2O6. The maximum Gasteiger partial charge on any atom is 0.457 e. The van der Waals surface area contributed by atoms with E-state index in [1.807, 2.05) is 4.98 Å². The number of hydrogen-bond acceptors (Lipinski definition) is 6. The second kappa shape index (κ2) is 5.82. The summed E-state index contributed by atoms with van der Waals surface area (Å²) in [5.74, 6) is 2.25. The van der Waals surface area contributed by atoms with Crippen molar-refractivity contribution in [1.29, 1.82) is 0 Å². The molecule has 1 unspecified atom stereocenters. The maximum absolute atomic E-state index is 12.3. The van der Waals surface area contributed by atoms with Gasteiger partial charge in [-0.2, -0.15) is 13.2 Å². The molecule has 0 aliphatic carbocycles. The molecule has 0 radical (unpaired) electrons. The highest BCUT2D eigenvalue weighted by Crippen LogP contribution is 2.37. The van der Waals surface area contributed by atoms with E-state index in [0.29, 0.717) is 4.57 Å². The Morgan fingerprint density at radius 1 is 1.43 bits per heavy atom. The Kier molecular flexibility index (Phi) is 4.36. The summed E-state index contributed by atoms with van der Waals surface area (Å²) >= 11 is 0. The van der Waals surface area contributed by atoms with E-state index in [1.54, 1.807) is 0 Å². The van der Waals surface area contributed by atoms with Crippen molar-refractivity contribution >= 4 is 0 Å². The largest absolute Gasteiger partial charge is 0.457 e. The van der Waals surface area contributed by atoms with Crippen molar-refractivity contribution in [1.82, 2.24) is 9.55 Å². The summed E-state index contributed by atoms with van der Waals surface area (Å²) < 4.78 is 42.4. The molecule has 0 saturated carbocycles. The smallest absolute Gasteiger partial charge is 0.394 e. The Bertz CT molecular complexity index is 761. The third kappa shape index (κ3) is 3.30. The number of alkyl halides is 3. The first-order chi connectivity index (χ1) is 10.6. The minimum absolute atomic E-state index is 0.561. The normalized spacial score (nSPS) is 30.8. The number of hydrogen-bond donors (Lipinski definition) is 4. The van der Waals surface area contributed by atoms with Crippen LogP contribution in [-0.4, -0.2) is 55.5 Å². The van der Waals surface area contributed by atoms with Crippen molar-refractivity contribution in [3.05, 3.63) is 33.1 Å². The molecule has 1 aliphatic heterocycles. The van der Waals surface area contributed by atoms with Crippen molar-refractivity contribution in [2.75, 3.05) is 6.61 Å². The molecule has 0 spiro atoms. The number of aliphatic hydroxyl groups is 3. The third-order valence-electron chi connectivity index (χ3n) is 3.17. The predicted octanol–water partition coefficient (Wildman–Crippen LogP) is -1.92. The SMILES string of the molecule is O=c1ccn(C2O[C@H](CO)[C@@H](O)[C@]2(O)C#CC(F)(F)F)c(=O)[nH]1. The van der Waals surface area contributed by atoms with Crippen molar-refractivity contribution in [2.24, 2.45) is 0 Å². The van der Waals surface area contributed by atoms with E-state index in [-0.39, 0.29) is 0 Å². The molecule has 1 aliphatic rings. The first-order valence-corrected chi connectivity index (χ1v) is 6.18. The van der Waals surface area contributed by atoms with Gasteiger partial charge in [0.15, 0.2) is 11.8 Å². The van der Waals surface area contributed by atoms with Crippen LogP contribution in [0.25, 0.3) is 0 Å². The van der Waals surface area contributed by atoms with Gasteiger partial charge in [-0.25, -0.2) is 4.79 Å². The lowest BCUT2D eigenvalue weighted by Gasteiger charge is -2.26. The van der Waals surface area contributed by atoms with Gasteiger partial charge in [0, 0.05) is 18.2 Å². The standard InChI is InChI=1S/C12H11F3N2O6/c13-12(14,15)3-2-11(22)8(20)6(5-18)23-9(11)17-4-1-7(19)16-10(17)21/h1,4,6,8-9,18,20,22H,5H2,(H,16,19,21)/t6-,8-,9?,11-/m1/s1. The number of rotatable bonds is 2. The van der Waals surface area contributed by atoms with Gasteiger partial charge in [-0.1, -0.05) is 5.92 Å². The monoisotopic (exact) mass is 336 g/mol. The molecular weight excluding hydrogens is 325 g/mol. The number of aromatic nitrogens is 2. The zero-order valence-corrected chi connectivity index (χ0v) is 11.2. The highest BCUT2D eigenvalue weighted by atomic mass is 19.4. The Labute approximate surface area is 125 Å². The van der Waals surface area contributed by atoms with Crippen molar-refractivity contribution < 1.29 is 33.2 Å². The van der Waals surface area contributed by atoms with Crippen LogP contribution in [0.1, 0.15) is 6.23 Å². The van der Waals surface area contributed by atoms with Gasteiger partial charge in [-0.15, -0.1) is 0 Å². The van der Waals surface area contributed by atoms with Gasteiger partial charge in [0.1, 0.15) is 12.2 Å². The molecule has 11 heteroatoms. The van der Waals surface area contributed by atoms with Gasteiger partial charge in [0.2, 0.25) is 0 Å². The molecule has 126 valence electrons. The number of nitrogens with zero attached hydrogens (tertiary/aromatic N) is 1. The van der Waals surface area contributed by atoms with Gasteiger partial charge in [-0.3, -0.25) is 14.3 Å². The fourth-order valence-corrected chi connectivity index (χ4v) is 2.11. The Morgan fingerprint density at radius 3 is 2.61 bits per heavy atom. The van der Waals surface area contributed by atoms with Crippen molar-refractivity contribution in [3.8, 4) is 11.8 Å². The fourth-order valence-electron chi connectivity index (χ4n) is 2.11. The van der Waals surface area contributed by atoms with Crippen LogP contribution in [0.2, 0.25) is 0 Å². The molecule has 1 aromatic heterocycles. The quantitative estimate of drug-likeness (QED) is 0.467. The van der Waals surface area contributed by atoms with Crippen LogP contribution in [0.3, 0.4) is 0 Å². The fraction of sp³-hybridized carbons (Fsp3) is 0.500. The summed E-state index contributed by atoms with van der Waals surface area (Å²) in [7, 11) is 0. The van der Waals surface area contributed by atoms with E-state index in [0.717, 1.165) is 18.2 Å². The van der Waals surface area contributed by atoms with Gasteiger partial charge < -0.3 is 20.1 Å². The second-order valence-corrected chi connectivity index (χ2v) is 4.74. The van der Waals surface area contributed by atoms with Gasteiger partial charge >= 0.3 is 11.9 Å². The maximum atomic E-state index is 12.3. The number of nitrogens with one attached hydrogen (secondary N) is 1. The summed E-state index contributed by atoms with van der Waals surface area (Å²) in [4.78, 5) is 24.6. The molecule has 8 nitrogen and oxygen atoms in total. The van der Waals surface area contributed by atoms with E-state index < -0.39 is 48.1 Å². The van der Waals surface area contributed by atoms with Crippen LogP contribution in [0.5, 0.6) is 0 Å². The van der Waals surface area contributed by atoms with Crippen LogP contribution >= 0.6 is 0 Å². The summed E-state index contributed by atoms with van der Waals surface area (Å²) in [5.41, 5.74) is -4.71. The number of H-pyrrole nitrogens is 1. The van der Waals surface area contributed by atoms with Crippen LogP contribution in [0.15, 0.2) is 21.9 Å². The van der Waals surface area contributed by atoms with Gasteiger partial charge in [0.05, 0.1) is 6.61 Å². The average Bonchev–Trinajstić information content (AvgIpc) is 2.69. The molecule has 0 aromatic carbocycles. The minimum atomic E-state index is -4.97. The molecule has 2 heterocycles. The Hall–Kier alpha value is -2.13. The van der Waals surface area contributed by atoms with E-state index >= 15 is 0 Å². The lowest BCUT2D eigenvalue weighted by molar-refractivity contribution is -0.0819. The molecule has 0 amide bonds. The van der Waals surface area contributed by atoms with Crippen LogP contribution in [-0.2, 0) is 4.74 Å². The summed E-state index contributed by atoms with van der Waals surface area (Å²) in [6.45, 7) is -0.841. The molecule has 1 aromatic rings. The lowest BCUT2D eigenvalue weighted by Crippen LogP contribution is -2.48. The highest BCUT2D eigenvalue weighted by Gasteiger charge is 2.56. The third-order valence-corrected chi connectivity index (χ3v) is 3.17. The minimum Gasteiger partial charge on any atom is -0.394 e. The molecule has 1 saturated heterocycles. The average molecular weight is 336 g/mol. The zero-order chi connectivity index (χ0) is 17.4. The van der Waals surface area contributed by atoms with Crippen molar-refractivity contribution in [2.45, 2.75) is 30.2 Å². The summed E-state index contributed by atoms with van der Waals surface area (Å²) in [5, 5.41) is 29.3. The van der Waals surface area contributed by atoms with E-state index in [4.69, 9.17) is 9.84 Å². The topological polar surface area (TPSA) is 125 Å². The number of aliphatic hydroxyl groups excluding tert-OH is 2. The molecule has 4 N–H and O–H groups in total. The number of ether oxygens (including phenoxy) is 1. The van der Waals surface area contributed by atoms with Crippen molar-refractivity contribution in [3.63, 3.8) is 0 Å². The molecule has 0 bridgehead atoms. The second-order valence-electron chi connectivity index (χ2n) is 4.74. The summed E-state index contributed by atoms with van der Waals surface area (Å²) in [6.07, 6.45) is -9.47. The van der Waals surface area contributed by atoms with Gasteiger partial charge in [0.25, 0.3) is 5.56 Å². The number of aromatic amines is 1. The molecule has 1 fully saturated rings. The van der Waals surface area contributed by atoms with Gasteiger partial charge in [-0.05, 0) is 0 Å². The van der Waals surface area contributed by atoms with Crippen LogP contribution < -0.4 is 11.2 Å². The molecule has 2 rings (SSSR count). The molecule has 23 heavy (non-hydrogen) atoms. The predicted molar refractivity (Wildman–Crippen MR) is 67.1 cm³/mol. The van der Waals surface area contributed by atoms with E-state index in [9.17, 15) is 33.0 Å². The molecule has 4 atom stereocenters. The zero-order valence-electron chi connectivity index (χ0n) is 11.2. The van der Waals surface area contributed by atoms with E-state index in [1.165, 1.54) is 5.92 Å². The highest BCUT2D eigenvalue weighted by molar-refractivity contribution is 5.24. The van der Waals surface area contributed by atoms with Crippen LogP contribution in [0.4, 0.5) is 13.2 Å². The van der Waals surface area contributed by atoms with Crippen LogP contribution in [0, 0.1) is 11.8 Å². The Morgan fingerprint density at radius 2 is 2.09 bits per heavy atom.